The number of ether oxygens (including phenoxy) is 1. The van der Waals surface area contributed by atoms with E-state index < -0.39 is 5.97 Å². The van der Waals surface area contributed by atoms with Gasteiger partial charge in [-0.25, -0.2) is 4.79 Å². The third-order valence-electron chi connectivity index (χ3n) is 6.88. The van der Waals surface area contributed by atoms with E-state index in [0.717, 1.165) is 53.0 Å². The lowest BCUT2D eigenvalue weighted by Gasteiger charge is -2.28. The average molecular weight is 473 g/mol. The molecule has 3 aliphatic rings. The van der Waals surface area contributed by atoms with Crippen molar-refractivity contribution in [1.82, 2.24) is 0 Å². The molecule has 3 heterocycles. The minimum atomic E-state index is -0.625. The van der Waals surface area contributed by atoms with E-state index >= 15 is 0 Å². The fourth-order valence-electron chi connectivity index (χ4n) is 5.26. The lowest BCUT2D eigenvalue weighted by molar-refractivity contribution is -0.131. The van der Waals surface area contributed by atoms with Gasteiger partial charge < -0.3 is 14.5 Å². The summed E-state index contributed by atoms with van der Waals surface area (Å²) in [6, 6.07) is 25.5. The van der Waals surface area contributed by atoms with Crippen molar-refractivity contribution < 1.29 is 14.3 Å². The van der Waals surface area contributed by atoms with Gasteiger partial charge in [-0.1, -0.05) is 60.5 Å². The van der Waals surface area contributed by atoms with Gasteiger partial charge in [0, 0.05) is 34.9 Å². The van der Waals surface area contributed by atoms with Crippen LogP contribution in [0.15, 0.2) is 96.8 Å². The van der Waals surface area contributed by atoms with Crippen molar-refractivity contribution in [3.8, 4) is 11.8 Å². The van der Waals surface area contributed by atoms with Gasteiger partial charge in [-0.2, -0.15) is 0 Å². The number of carbonyl (C=O) groups is 2. The largest absolute Gasteiger partial charge is 0.425 e. The number of amides is 1. The molecule has 5 nitrogen and oxygen atoms in total. The Morgan fingerprint density at radius 2 is 1.72 bits per heavy atom. The zero-order valence-electron chi connectivity index (χ0n) is 19.7. The second kappa shape index (κ2) is 9.24. The number of rotatable bonds is 3. The van der Waals surface area contributed by atoms with Crippen molar-refractivity contribution >= 4 is 28.8 Å². The summed E-state index contributed by atoms with van der Waals surface area (Å²) in [4.78, 5) is 30.2. The van der Waals surface area contributed by atoms with Crippen molar-refractivity contribution in [2.45, 2.75) is 25.4 Å². The van der Waals surface area contributed by atoms with Crippen LogP contribution < -0.4 is 9.80 Å². The van der Waals surface area contributed by atoms with Crippen LogP contribution in [0, 0.1) is 11.8 Å². The van der Waals surface area contributed by atoms with Crippen molar-refractivity contribution in [3.63, 3.8) is 0 Å². The van der Waals surface area contributed by atoms with Crippen LogP contribution in [-0.4, -0.2) is 24.5 Å². The fraction of sp³-hybridized carbons (Fsp3) is 0.161. The highest BCUT2D eigenvalue weighted by atomic mass is 16.5. The lowest BCUT2D eigenvalue weighted by atomic mass is 10.0. The van der Waals surface area contributed by atoms with Crippen molar-refractivity contribution in [3.05, 3.63) is 113 Å². The van der Waals surface area contributed by atoms with Crippen molar-refractivity contribution in [2.75, 3.05) is 16.3 Å². The maximum Gasteiger partial charge on any atom is 0.389 e. The SMILES string of the molecule is O=C(C#Cc1ccccc1)O/C=C1\C=C2C(=O)N(Cc3ccccc3)c3cccc(c32)N2CCCC12. The van der Waals surface area contributed by atoms with Gasteiger partial charge in [0.2, 0.25) is 0 Å². The van der Waals surface area contributed by atoms with E-state index in [-0.39, 0.29) is 11.9 Å². The second-order valence-electron chi connectivity index (χ2n) is 9.10. The quantitative estimate of drug-likeness (QED) is 0.303. The molecule has 0 aliphatic carbocycles. The van der Waals surface area contributed by atoms with Crippen molar-refractivity contribution in [1.29, 1.82) is 0 Å². The highest BCUT2D eigenvalue weighted by Gasteiger charge is 2.41. The van der Waals surface area contributed by atoms with Crippen LogP contribution in [0.2, 0.25) is 0 Å². The van der Waals surface area contributed by atoms with Crippen LogP contribution in [0.5, 0.6) is 0 Å². The monoisotopic (exact) mass is 472 g/mol. The van der Waals surface area contributed by atoms with E-state index in [1.165, 1.54) is 6.26 Å². The van der Waals surface area contributed by atoms with Crippen LogP contribution in [0.3, 0.4) is 0 Å². The Balaban J connectivity index is 1.35. The molecule has 0 spiro atoms. The highest BCUT2D eigenvalue weighted by molar-refractivity contribution is 6.34. The summed E-state index contributed by atoms with van der Waals surface area (Å²) in [5, 5.41) is 0. The normalized spacial score (nSPS) is 18.7. The van der Waals surface area contributed by atoms with E-state index in [4.69, 9.17) is 4.74 Å². The minimum absolute atomic E-state index is 0.0384. The Morgan fingerprint density at radius 3 is 2.53 bits per heavy atom. The van der Waals surface area contributed by atoms with Gasteiger partial charge >= 0.3 is 5.97 Å². The topological polar surface area (TPSA) is 49.9 Å². The highest BCUT2D eigenvalue weighted by Crippen LogP contribution is 2.48. The number of nitrogens with zero attached hydrogens (tertiary/aromatic N) is 2. The molecular formula is C31H24N2O3. The zero-order valence-corrected chi connectivity index (χ0v) is 19.7. The van der Waals surface area contributed by atoms with Crippen LogP contribution >= 0.6 is 0 Å². The molecule has 176 valence electrons. The molecule has 36 heavy (non-hydrogen) atoms. The summed E-state index contributed by atoms with van der Waals surface area (Å²) in [5.74, 6) is 4.71. The van der Waals surface area contributed by atoms with Gasteiger partial charge in [-0.3, -0.25) is 4.79 Å². The third-order valence-corrected chi connectivity index (χ3v) is 6.88. The molecule has 0 aromatic heterocycles. The molecule has 0 bridgehead atoms. The van der Waals surface area contributed by atoms with Crippen molar-refractivity contribution in [2.24, 2.45) is 0 Å². The van der Waals surface area contributed by atoms with Gasteiger partial charge in [0.05, 0.1) is 23.8 Å². The van der Waals surface area contributed by atoms with E-state index in [1.807, 2.05) is 83.8 Å². The number of carbonyl (C=O) groups excluding carboxylic acids is 2. The molecular weight excluding hydrogens is 448 g/mol. The van der Waals surface area contributed by atoms with Gasteiger partial charge in [-0.15, -0.1) is 0 Å². The number of anilines is 2. The van der Waals surface area contributed by atoms with Gasteiger partial charge in [0.15, 0.2) is 0 Å². The Bertz CT molecular complexity index is 1460. The second-order valence-corrected chi connectivity index (χ2v) is 9.10. The molecule has 1 unspecified atom stereocenters. The summed E-state index contributed by atoms with van der Waals surface area (Å²) >= 11 is 0. The average Bonchev–Trinajstić information content (AvgIpc) is 3.46. The first-order valence-corrected chi connectivity index (χ1v) is 12.1. The lowest BCUT2D eigenvalue weighted by Crippen LogP contribution is -2.30. The standard InChI is InChI=1S/C31H24N2O3/c34-29(17-16-22-9-3-1-4-10-22)36-21-24-19-25-30-27(32-18-8-15-26(24)32)13-7-14-28(30)33(31(25)35)20-23-11-5-2-6-12-23/h1-7,9-14,19,21,26H,8,15,18,20H2/b24-21+. The zero-order chi connectivity index (χ0) is 24.5. The summed E-state index contributed by atoms with van der Waals surface area (Å²) < 4.78 is 5.46. The molecule has 3 aliphatic heterocycles. The fourth-order valence-corrected chi connectivity index (χ4v) is 5.26. The molecule has 3 aromatic carbocycles. The first-order chi connectivity index (χ1) is 17.7. The minimum Gasteiger partial charge on any atom is -0.425 e. The van der Waals surface area contributed by atoms with Gasteiger partial charge in [-0.05, 0) is 48.7 Å². The van der Waals surface area contributed by atoms with Crippen LogP contribution in [0.25, 0.3) is 5.57 Å². The van der Waals surface area contributed by atoms with Gasteiger partial charge in [0.25, 0.3) is 5.91 Å². The van der Waals surface area contributed by atoms with E-state index in [0.29, 0.717) is 12.1 Å². The van der Waals surface area contributed by atoms with Gasteiger partial charge in [0.1, 0.15) is 6.26 Å². The van der Waals surface area contributed by atoms with E-state index in [2.05, 4.69) is 22.8 Å². The Hall–Kier alpha value is -4.56. The number of hydrogen-bond acceptors (Lipinski definition) is 4. The molecule has 0 N–H and O–H groups in total. The maximum absolute atomic E-state index is 13.7. The molecule has 0 saturated carbocycles. The molecule has 1 saturated heterocycles. The Labute approximate surface area is 210 Å². The summed E-state index contributed by atoms with van der Waals surface area (Å²) in [6.45, 7) is 1.38. The first-order valence-electron chi connectivity index (χ1n) is 12.1. The molecule has 1 atom stereocenters. The third kappa shape index (κ3) is 3.97. The Kier molecular flexibility index (Phi) is 5.63. The van der Waals surface area contributed by atoms with Crippen LogP contribution in [-0.2, 0) is 20.9 Å². The number of benzene rings is 3. The predicted molar refractivity (Wildman–Crippen MR) is 140 cm³/mol. The van der Waals surface area contributed by atoms with Crippen LogP contribution in [0.4, 0.5) is 11.4 Å². The number of hydrogen-bond donors (Lipinski definition) is 0. The molecule has 3 aromatic rings. The number of esters is 1. The smallest absolute Gasteiger partial charge is 0.389 e. The van der Waals surface area contributed by atoms with E-state index in [9.17, 15) is 9.59 Å². The molecule has 6 rings (SSSR count). The Morgan fingerprint density at radius 1 is 0.972 bits per heavy atom. The predicted octanol–water partition coefficient (Wildman–Crippen LogP) is 5.08. The molecule has 1 amide bonds. The van der Waals surface area contributed by atoms with E-state index in [1.54, 1.807) is 0 Å². The molecule has 0 radical (unpaired) electrons. The summed E-state index contributed by atoms with van der Waals surface area (Å²) in [7, 11) is 0. The van der Waals surface area contributed by atoms with Crippen LogP contribution in [0.1, 0.15) is 29.5 Å². The number of fused-ring (bicyclic) bond motifs is 2. The summed E-state index contributed by atoms with van der Waals surface area (Å²) in [6.07, 6.45) is 5.34. The first kappa shape index (κ1) is 21.9. The maximum atomic E-state index is 13.7. The molecule has 5 heteroatoms. The summed E-state index contributed by atoms with van der Waals surface area (Å²) in [5.41, 5.74) is 6.22. The molecule has 1 fully saturated rings.